The maximum absolute atomic E-state index is 11.9. The Hall–Kier alpha value is -3.21. The fourth-order valence-electron chi connectivity index (χ4n) is 3.43. The van der Waals surface area contributed by atoms with Crippen molar-refractivity contribution in [1.29, 1.82) is 0 Å². The quantitative estimate of drug-likeness (QED) is 0.502. The maximum atomic E-state index is 11.9. The molecule has 0 bridgehead atoms. The Labute approximate surface area is 211 Å². The van der Waals surface area contributed by atoms with Crippen LogP contribution < -0.4 is 20.1 Å². The number of nitrogens with zero attached hydrogens (tertiary/aromatic N) is 2. The van der Waals surface area contributed by atoms with E-state index in [0.29, 0.717) is 37.7 Å². The fraction of sp³-hybridized carbons (Fsp3) is 0.417. The molecule has 192 valence electrons. The van der Waals surface area contributed by atoms with Crippen LogP contribution in [0.1, 0.15) is 0 Å². The van der Waals surface area contributed by atoms with Crippen LogP contribution in [-0.4, -0.2) is 88.7 Å². The number of nitrogens with one attached hydrogen (secondary N) is 2. The molecule has 2 aromatic rings. The van der Waals surface area contributed by atoms with Crippen LogP contribution in [0.5, 0.6) is 11.5 Å². The molecule has 0 spiro atoms. The van der Waals surface area contributed by atoms with Gasteiger partial charge in [-0.15, -0.1) is 12.4 Å². The molecule has 0 radical (unpaired) electrons. The molecule has 1 fully saturated rings. The van der Waals surface area contributed by atoms with Crippen LogP contribution in [0.15, 0.2) is 48.5 Å². The fourth-order valence-corrected chi connectivity index (χ4v) is 3.43. The standard InChI is InChI=1S/C24H32N4O6.ClH/c1-31-21-7-3-19(4-8-21)25-23(29)33-17-15-27-11-13-28(14-12-27)16-18-34-24(30)26-20-5-9-22(32-2)10-6-20;/h3-10H,11-18H2,1-2H3,(H,25,29)(H,26,30);1H. The van der Waals surface area contributed by atoms with Crippen LogP contribution in [0.3, 0.4) is 0 Å². The summed E-state index contributed by atoms with van der Waals surface area (Å²) in [7, 11) is 3.18. The van der Waals surface area contributed by atoms with Gasteiger partial charge in [-0.2, -0.15) is 0 Å². The van der Waals surface area contributed by atoms with Gasteiger partial charge >= 0.3 is 12.2 Å². The van der Waals surface area contributed by atoms with Crippen LogP contribution >= 0.6 is 12.4 Å². The van der Waals surface area contributed by atoms with E-state index in [4.69, 9.17) is 18.9 Å². The third kappa shape index (κ3) is 9.89. The van der Waals surface area contributed by atoms with Gasteiger partial charge < -0.3 is 18.9 Å². The SMILES string of the molecule is COc1ccc(NC(=O)OCCN2CCN(CCOC(=O)Nc3ccc(OC)cc3)CC2)cc1.Cl. The lowest BCUT2D eigenvalue weighted by Gasteiger charge is -2.34. The highest BCUT2D eigenvalue weighted by Crippen LogP contribution is 2.16. The molecule has 2 N–H and O–H groups in total. The summed E-state index contributed by atoms with van der Waals surface area (Å²) in [5.41, 5.74) is 1.30. The minimum Gasteiger partial charge on any atom is -0.497 e. The number of halogens is 1. The van der Waals surface area contributed by atoms with E-state index in [0.717, 1.165) is 37.7 Å². The van der Waals surface area contributed by atoms with Crippen molar-refractivity contribution in [3.8, 4) is 11.5 Å². The largest absolute Gasteiger partial charge is 0.497 e. The summed E-state index contributed by atoms with van der Waals surface area (Å²) in [6.45, 7) is 5.43. The van der Waals surface area contributed by atoms with E-state index in [1.165, 1.54) is 0 Å². The predicted octanol–water partition coefficient (Wildman–Crippen LogP) is 3.54. The van der Waals surface area contributed by atoms with Gasteiger partial charge in [0.15, 0.2) is 0 Å². The molecule has 3 rings (SSSR count). The maximum Gasteiger partial charge on any atom is 0.411 e. The molecule has 0 atom stereocenters. The van der Waals surface area contributed by atoms with Crippen molar-refractivity contribution in [1.82, 2.24) is 9.80 Å². The third-order valence-electron chi connectivity index (χ3n) is 5.42. The normalized spacial score (nSPS) is 13.8. The molecule has 0 unspecified atom stereocenters. The first-order valence-electron chi connectivity index (χ1n) is 11.2. The Morgan fingerprint density at radius 1 is 0.686 bits per heavy atom. The zero-order chi connectivity index (χ0) is 24.2. The van der Waals surface area contributed by atoms with Crippen molar-refractivity contribution < 1.29 is 28.5 Å². The van der Waals surface area contributed by atoms with E-state index < -0.39 is 12.2 Å². The minimum absolute atomic E-state index is 0. The number of amides is 2. The smallest absolute Gasteiger partial charge is 0.411 e. The summed E-state index contributed by atoms with van der Waals surface area (Å²) in [6.07, 6.45) is -0.956. The lowest BCUT2D eigenvalue weighted by atomic mass is 10.3. The average Bonchev–Trinajstić information content (AvgIpc) is 2.86. The molecule has 1 saturated heterocycles. The van der Waals surface area contributed by atoms with E-state index in [2.05, 4.69) is 20.4 Å². The van der Waals surface area contributed by atoms with Gasteiger partial charge in [0.05, 0.1) is 14.2 Å². The van der Waals surface area contributed by atoms with Gasteiger partial charge in [0.25, 0.3) is 0 Å². The van der Waals surface area contributed by atoms with Crippen LogP contribution in [0.2, 0.25) is 0 Å². The Balaban J connectivity index is 0.00000432. The van der Waals surface area contributed by atoms with E-state index in [-0.39, 0.29) is 12.4 Å². The van der Waals surface area contributed by atoms with E-state index in [9.17, 15) is 9.59 Å². The molecule has 0 saturated carbocycles. The molecule has 1 aliphatic heterocycles. The molecule has 10 nitrogen and oxygen atoms in total. The second-order valence-corrected chi connectivity index (χ2v) is 7.66. The van der Waals surface area contributed by atoms with Crippen molar-refractivity contribution in [3.63, 3.8) is 0 Å². The number of hydrogen-bond donors (Lipinski definition) is 2. The average molecular weight is 509 g/mol. The van der Waals surface area contributed by atoms with Gasteiger partial charge in [-0.25, -0.2) is 9.59 Å². The Kier molecular flexibility index (Phi) is 12.0. The summed E-state index contributed by atoms with van der Waals surface area (Å²) in [5, 5.41) is 5.39. The zero-order valence-corrected chi connectivity index (χ0v) is 20.8. The van der Waals surface area contributed by atoms with Crippen LogP contribution in [0.25, 0.3) is 0 Å². The first-order valence-corrected chi connectivity index (χ1v) is 11.2. The number of benzene rings is 2. The summed E-state index contributed by atoms with van der Waals surface area (Å²) >= 11 is 0. The number of ether oxygens (including phenoxy) is 4. The van der Waals surface area contributed by atoms with Crippen molar-refractivity contribution in [2.45, 2.75) is 0 Å². The predicted molar refractivity (Wildman–Crippen MR) is 136 cm³/mol. The highest BCUT2D eigenvalue weighted by molar-refractivity contribution is 5.85. The lowest BCUT2D eigenvalue weighted by Crippen LogP contribution is -2.48. The van der Waals surface area contributed by atoms with Crippen LogP contribution in [0.4, 0.5) is 21.0 Å². The summed E-state index contributed by atoms with van der Waals surface area (Å²) in [5.74, 6) is 1.45. The topological polar surface area (TPSA) is 102 Å². The van der Waals surface area contributed by atoms with E-state index in [1.807, 2.05) is 0 Å². The van der Waals surface area contributed by atoms with Crippen molar-refractivity contribution >= 4 is 36.0 Å². The molecule has 0 aromatic heterocycles. The zero-order valence-electron chi connectivity index (χ0n) is 20.0. The molecule has 0 aliphatic carbocycles. The number of rotatable bonds is 10. The first-order chi connectivity index (χ1) is 16.6. The van der Waals surface area contributed by atoms with Crippen molar-refractivity contribution in [2.24, 2.45) is 0 Å². The molecular weight excluding hydrogens is 476 g/mol. The Bertz CT molecular complexity index is 830. The molecule has 11 heteroatoms. The Morgan fingerprint density at radius 3 is 1.34 bits per heavy atom. The molecule has 1 heterocycles. The highest BCUT2D eigenvalue weighted by atomic mass is 35.5. The molecular formula is C24H33ClN4O6. The van der Waals surface area contributed by atoms with Gasteiger partial charge in [-0.3, -0.25) is 20.4 Å². The number of methoxy groups -OCH3 is 2. The van der Waals surface area contributed by atoms with Gasteiger partial charge in [0.1, 0.15) is 24.7 Å². The lowest BCUT2D eigenvalue weighted by molar-refractivity contribution is 0.0849. The molecule has 2 amide bonds. The third-order valence-corrected chi connectivity index (χ3v) is 5.42. The number of carbonyl (C=O) groups excluding carboxylic acids is 2. The Morgan fingerprint density at radius 2 is 1.03 bits per heavy atom. The second kappa shape index (κ2) is 14.9. The van der Waals surface area contributed by atoms with Gasteiger partial charge in [0.2, 0.25) is 0 Å². The van der Waals surface area contributed by atoms with Gasteiger partial charge in [0, 0.05) is 50.6 Å². The van der Waals surface area contributed by atoms with Crippen LogP contribution in [0, 0.1) is 0 Å². The van der Waals surface area contributed by atoms with E-state index in [1.54, 1.807) is 62.8 Å². The number of piperazine rings is 1. The summed E-state index contributed by atoms with van der Waals surface area (Å²) in [6, 6.07) is 14.1. The van der Waals surface area contributed by atoms with Gasteiger partial charge in [-0.1, -0.05) is 0 Å². The summed E-state index contributed by atoms with van der Waals surface area (Å²) < 4.78 is 20.7. The number of carbonyl (C=O) groups is 2. The van der Waals surface area contributed by atoms with Gasteiger partial charge in [-0.05, 0) is 48.5 Å². The number of hydrogen-bond acceptors (Lipinski definition) is 8. The van der Waals surface area contributed by atoms with Crippen molar-refractivity contribution in [2.75, 3.05) is 77.3 Å². The highest BCUT2D eigenvalue weighted by Gasteiger charge is 2.17. The molecule has 35 heavy (non-hydrogen) atoms. The second-order valence-electron chi connectivity index (χ2n) is 7.66. The summed E-state index contributed by atoms with van der Waals surface area (Å²) in [4.78, 5) is 28.4. The number of anilines is 2. The van der Waals surface area contributed by atoms with E-state index >= 15 is 0 Å². The monoisotopic (exact) mass is 508 g/mol. The van der Waals surface area contributed by atoms with Crippen LogP contribution in [-0.2, 0) is 9.47 Å². The first kappa shape index (κ1) is 28.0. The molecule has 1 aliphatic rings. The molecule has 2 aromatic carbocycles. The van der Waals surface area contributed by atoms with Crippen molar-refractivity contribution in [3.05, 3.63) is 48.5 Å². The minimum atomic E-state index is -0.478.